The van der Waals surface area contributed by atoms with Gasteiger partial charge in [-0.25, -0.2) is 13.1 Å². The smallest absolute Gasteiger partial charge is 0.257 e. The van der Waals surface area contributed by atoms with Crippen LogP contribution in [0, 0.1) is 6.92 Å². The fourth-order valence-electron chi connectivity index (χ4n) is 3.14. The maximum absolute atomic E-state index is 12.8. The number of fused-ring (bicyclic) bond motifs is 1. The van der Waals surface area contributed by atoms with E-state index in [4.69, 9.17) is 11.6 Å². The summed E-state index contributed by atoms with van der Waals surface area (Å²) in [6.45, 7) is 1.85. The molecule has 0 radical (unpaired) electrons. The number of anilines is 1. The van der Waals surface area contributed by atoms with Crippen LogP contribution < -0.4 is 5.32 Å². The number of nitrogens with zero attached hydrogens (tertiary/aromatic N) is 2. The van der Waals surface area contributed by atoms with Crippen LogP contribution in [0.25, 0.3) is 5.69 Å². The Balaban J connectivity index is 1.80. The van der Waals surface area contributed by atoms with E-state index in [0.717, 1.165) is 5.56 Å². The van der Waals surface area contributed by atoms with Crippen LogP contribution in [0.5, 0.6) is 0 Å². The number of hydrogen-bond acceptors (Lipinski definition) is 4. The molecule has 0 aliphatic carbocycles. The third-order valence-corrected chi connectivity index (χ3v) is 6.17. The lowest BCUT2D eigenvalue weighted by Crippen LogP contribution is -2.17. The molecule has 1 aliphatic rings. The summed E-state index contributed by atoms with van der Waals surface area (Å²) >= 11 is 5.95. The zero-order valence-electron chi connectivity index (χ0n) is 14.4. The van der Waals surface area contributed by atoms with Crippen molar-refractivity contribution in [2.45, 2.75) is 18.4 Å². The van der Waals surface area contributed by atoms with Crippen LogP contribution in [0.3, 0.4) is 0 Å². The van der Waals surface area contributed by atoms with Crippen LogP contribution in [0.4, 0.5) is 5.82 Å². The predicted molar refractivity (Wildman–Crippen MR) is 104 cm³/mol. The number of nitrogens with one attached hydrogen (secondary N) is 1. The zero-order valence-corrected chi connectivity index (χ0v) is 16.0. The molecule has 1 N–H and O–H groups in total. The number of halogens is 1. The first kappa shape index (κ1) is 17.8. The summed E-state index contributed by atoms with van der Waals surface area (Å²) in [5, 5.41) is 7.87. The molecule has 2 aromatic carbocycles. The number of hydrogen-bond donors (Lipinski definition) is 1. The number of rotatable bonds is 3. The summed E-state index contributed by atoms with van der Waals surface area (Å²) in [4.78, 5) is 12.8. The van der Waals surface area contributed by atoms with Gasteiger partial charge in [0.1, 0.15) is 5.82 Å². The topological polar surface area (TPSA) is 81.1 Å². The summed E-state index contributed by atoms with van der Waals surface area (Å²) in [6, 6.07) is 14.2. The van der Waals surface area contributed by atoms with Crippen molar-refractivity contribution >= 4 is 33.2 Å². The molecule has 4 rings (SSSR count). The van der Waals surface area contributed by atoms with Crippen molar-refractivity contribution in [3.63, 3.8) is 0 Å². The minimum Gasteiger partial charge on any atom is -0.306 e. The number of carbonyl (C=O) groups excluding carboxylic acids is 1. The number of carbonyl (C=O) groups is 1. The van der Waals surface area contributed by atoms with Crippen LogP contribution in [-0.4, -0.2) is 24.1 Å². The molecule has 1 aliphatic heterocycles. The molecule has 0 saturated carbocycles. The summed E-state index contributed by atoms with van der Waals surface area (Å²) in [5.74, 6) is -0.202. The molecule has 1 amide bonds. The Hall–Kier alpha value is -2.64. The Bertz CT molecular complexity index is 1150. The molecule has 27 heavy (non-hydrogen) atoms. The minimum absolute atomic E-state index is 0.129. The second-order valence-electron chi connectivity index (χ2n) is 6.46. The van der Waals surface area contributed by atoms with E-state index < -0.39 is 9.84 Å². The van der Waals surface area contributed by atoms with Gasteiger partial charge in [0, 0.05) is 16.1 Å². The van der Waals surface area contributed by atoms with E-state index in [2.05, 4.69) is 10.4 Å². The van der Waals surface area contributed by atoms with Gasteiger partial charge in [0.2, 0.25) is 0 Å². The molecule has 3 aromatic rings. The highest BCUT2D eigenvalue weighted by molar-refractivity contribution is 7.90. The van der Waals surface area contributed by atoms with E-state index in [1.807, 2.05) is 19.1 Å². The normalized spacial score (nSPS) is 14.7. The van der Waals surface area contributed by atoms with Gasteiger partial charge in [-0.05, 0) is 42.8 Å². The standard InChI is InChI=1S/C19H16ClN3O3S/c1-12-4-2-3-5-15(12)19(24)21-18-16-10-27(25,26)11-17(16)22-23(18)14-8-6-13(20)7-9-14/h2-9H,10-11H2,1H3,(H,21,24). The average molecular weight is 402 g/mol. The van der Waals surface area contributed by atoms with Crippen molar-refractivity contribution in [1.82, 2.24) is 9.78 Å². The molecule has 6 nitrogen and oxygen atoms in total. The molecule has 0 atom stereocenters. The molecular weight excluding hydrogens is 386 g/mol. The van der Waals surface area contributed by atoms with Gasteiger partial charge < -0.3 is 5.32 Å². The second-order valence-corrected chi connectivity index (χ2v) is 8.96. The lowest BCUT2D eigenvalue weighted by Gasteiger charge is -2.12. The molecule has 0 bridgehead atoms. The largest absolute Gasteiger partial charge is 0.306 e. The lowest BCUT2D eigenvalue weighted by atomic mass is 10.1. The molecule has 138 valence electrons. The molecule has 0 fully saturated rings. The Morgan fingerprint density at radius 1 is 1.11 bits per heavy atom. The third kappa shape index (κ3) is 3.36. The highest BCUT2D eigenvalue weighted by Crippen LogP contribution is 2.33. The Kier molecular flexibility index (Phi) is 4.28. The van der Waals surface area contributed by atoms with E-state index in [0.29, 0.717) is 33.3 Å². The third-order valence-electron chi connectivity index (χ3n) is 4.48. The van der Waals surface area contributed by atoms with Crippen LogP contribution >= 0.6 is 11.6 Å². The highest BCUT2D eigenvalue weighted by atomic mass is 35.5. The van der Waals surface area contributed by atoms with Crippen LogP contribution in [-0.2, 0) is 21.3 Å². The van der Waals surface area contributed by atoms with E-state index in [-0.39, 0.29) is 17.4 Å². The van der Waals surface area contributed by atoms with E-state index in [1.54, 1.807) is 41.1 Å². The maximum Gasteiger partial charge on any atom is 0.257 e. The fraction of sp³-hybridized carbons (Fsp3) is 0.158. The fourth-order valence-corrected chi connectivity index (χ4v) is 4.76. The maximum atomic E-state index is 12.8. The van der Waals surface area contributed by atoms with Crippen molar-refractivity contribution in [2.24, 2.45) is 0 Å². The first-order valence-corrected chi connectivity index (χ1v) is 10.5. The predicted octanol–water partition coefficient (Wildman–Crippen LogP) is 3.51. The second kappa shape index (κ2) is 6.51. The lowest BCUT2D eigenvalue weighted by molar-refractivity contribution is 0.102. The van der Waals surface area contributed by atoms with E-state index in [1.165, 1.54) is 0 Å². The van der Waals surface area contributed by atoms with Crippen molar-refractivity contribution < 1.29 is 13.2 Å². The van der Waals surface area contributed by atoms with Crippen LogP contribution in [0.2, 0.25) is 5.02 Å². The molecule has 0 saturated heterocycles. The Morgan fingerprint density at radius 3 is 2.52 bits per heavy atom. The summed E-state index contributed by atoms with van der Waals surface area (Å²) in [7, 11) is -3.25. The Labute approximate surface area is 161 Å². The molecular formula is C19H16ClN3O3S. The van der Waals surface area contributed by atoms with Gasteiger partial charge in [0.15, 0.2) is 9.84 Å². The van der Waals surface area contributed by atoms with Gasteiger partial charge >= 0.3 is 0 Å². The number of amides is 1. The molecule has 8 heteroatoms. The van der Waals surface area contributed by atoms with Gasteiger partial charge in [0.25, 0.3) is 5.91 Å². The monoisotopic (exact) mass is 401 g/mol. The van der Waals surface area contributed by atoms with Gasteiger partial charge in [-0.15, -0.1) is 0 Å². The molecule has 0 unspecified atom stereocenters. The Morgan fingerprint density at radius 2 is 1.81 bits per heavy atom. The van der Waals surface area contributed by atoms with Crippen molar-refractivity contribution in [3.05, 3.63) is 75.9 Å². The number of aromatic nitrogens is 2. The molecule has 2 heterocycles. The van der Waals surface area contributed by atoms with Crippen molar-refractivity contribution in [2.75, 3.05) is 5.32 Å². The number of benzene rings is 2. The van der Waals surface area contributed by atoms with Crippen LogP contribution in [0.15, 0.2) is 48.5 Å². The number of sulfone groups is 1. The summed E-state index contributed by atoms with van der Waals surface area (Å²) < 4.78 is 25.6. The van der Waals surface area contributed by atoms with Gasteiger partial charge in [-0.1, -0.05) is 29.8 Å². The number of aryl methyl sites for hydroxylation is 1. The van der Waals surface area contributed by atoms with Gasteiger partial charge in [-0.3, -0.25) is 4.79 Å². The molecule has 1 aromatic heterocycles. The highest BCUT2D eigenvalue weighted by Gasteiger charge is 2.33. The first-order chi connectivity index (χ1) is 12.8. The zero-order chi connectivity index (χ0) is 19.2. The SMILES string of the molecule is Cc1ccccc1C(=O)Nc1c2c(nn1-c1ccc(Cl)cc1)CS(=O)(=O)C2. The first-order valence-electron chi connectivity index (χ1n) is 8.28. The summed E-state index contributed by atoms with van der Waals surface area (Å²) in [6.07, 6.45) is 0. The van der Waals surface area contributed by atoms with Gasteiger partial charge in [0.05, 0.1) is 22.9 Å². The van der Waals surface area contributed by atoms with Crippen molar-refractivity contribution in [3.8, 4) is 5.69 Å². The van der Waals surface area contributed by atoms with Crippen molar-refractivity contribution in [1.29, 1.82) is 0 Å². The van der Waals surface area contributed by atoms with Gasteiger partial charge in [-0.2, -0.15) is 5.10 Å². The average Bonchev–Trinajstić information content (AvgIpc) is 3.09. The van der Waals surface area contributed by atoms with Crippen LogP contribution in [0.1, 0.15) is 27.2 Å². The molecule has 0 spiro atoms. The van der Waals surface area contributed by atoms with E-state index in [9.17, 15) is 13.2 Å². The van der Waals surface area contributed by atoms with E-state index >= 15 is 0 Å². The summed E-state index contributed by atoms with van der Waals surface area (Å²) in [5.41, 5.74) is 3.04. The minimum atomic E-state index is -3.25. The quantitative estimate of drug-likeness (QED) is 0.728.